The van der Waals surface area contributed by atoms with E-state index < -0.39 is 0 Å². The number of methoxy groups -OCH3 is 1. The summed E-state index contributed by atoms with van der Waals surface area (Å²) in [5.74, 6) is 0.684. The predicted molar refractivity (Wildman–Crippen MR) is 106 cm³/mol. The maximum absolute atomic E-state index is 12.4. The first-order valence-corrected chi connectivity index (χ1v) is 9.26. The molecule has 0 spiro atoms. The average Bonchev–Trinajstić information content (AvgIpc) is 2.77. The van der Waals surface area contributed by atoms with Crippen LogP contribution in [0.25, 0.3) is 0 Å². The number of ether oxygens (including phenoxy) is 2. The van der Waals surface area contributed by atoms with Gasteiger partial charge in [-0.3, -0.25) is 9.59 Å². The van der Waals surface area contributed by atoms with Crippen LogP contribution in [0.3, 0.4) is 0 Å². The molecule has 3 rings (SSSR count). The number of amides is 2. The van der Waals surface area contributed by atoms with E-state index >= 15 is 0 Å². The number of rotatable bonds is 7. The summed E-state index contributed by atoms with van der Waals surface area (Å²) in [6, 6.07) is 14.7. The van der Waals surface area contributed by atoms with Crippen molar-refractivity contribution in [2.24, 2.45) is 0 Å². The van der Waals surface area contributed by atoms with Gasteiger partial charge < -0.3 is 25.0 Å². The maximum Gasteiger partial charge on any atom is 0.254 e. The van der Waals surface area contributed by atoms with Crippen LogP contribution in [0.4, 0.5) is 5.69 Å². The number of nitrogens with zero attached hydrogens (tertiary/aromatic N) is 1. The van der Waals surface area contributed by atoms with Crippen LogP contribution < -0.4 is 15.4 Å². The van der Waals surface area contributed by atoms with Crippen LogP contribution in [-0.4, -0.2) is 56.7 Å². The Balaban J connectivity index is 1.43. The van der Waals surface area contributed by atoms with Gasteiger partial charge in [0.15, 0.2) is 0 Å². The van der Waals surface area contributed by atoms with Crippen molar-refractivity contribution >= 4 is 17.5 Å². The normalized spacial score (nSPS) is 13.7. The summed E-state index contributed by atoms with van der Waals surface area (Å²) in [5, 5.41) is 5.93. The van der Waals surface area contributed by atoms with Crippen LogP contribution in [-0.2, 0) is 16.1 Å². The summed E-state index contributed by atoms with van der Waals surface area (Å²) < 4.78 is 10.4. The Morgan fingerprint density at radius 1 is 1.04 bits per heavy atom. The number of benzene rings is 2. The summed E-state index contributed by atoms with van der Waals surface area (Å²) in [6.45, 7) is 3.01. The zero-order chi connectivity index (χ0) is 19.8. The number of nitrogens with one attached hydrogen (secondary N) is 2. The second-order valence-corrected chi connectivity index (χ2v) is 6.46. The van der Waals surface area contributed by atoms with Crippen molar-refractivity contribution in [2.75, 3.05) is 45.3 Å². The van der Waals surface area contributed by atoms with Crippen LogP contribution in [0.5, 0.6) is 5.75 Å². The van der Waals surface area contributed by atoms with Gasteiger partial charge in [0.2, 0.25) is 5.91 Å². The number of morpholine rings is 1. The third kappa shape index (κ3) is 5.47. The van der Waals surface area contributed by atoms with E-state index in [4.69, 9.17) is 9.47 Å². The third-order valence-electron chi connectivity index (χ3n) is 4.53. The van der Waals surface area contributed by atoms with E-state index in [1.54, 1.807) is 24.1 Å². The first-order chi connectivity index (χ1) is 13.7. The standard InChI is InChI=1S/C21H25N3O4/c1-27-19-8-2-16(3-9-19)14-23-20(25)15-22-18-6-4-17(5-7-18)21(26)24-10-12-28-13-11-24/h2-9,22H,10-15H2,1H3,(H,23,25). The van der Waals surface area contributed by atoms with Crippen LogP contribution in [0.1, 0.15) is 15.9 Å². The van der Waals surface area contributed by atoms with Gasteiger partial charge in [-0.2, -0.15) is 0 Å². The second-order valence-electron chi connectivity index (χ2n) is 6.46. The molecule has 2 N–H and O–H groups in total. The zero-order valence-electron chi connectivity index (χ0n) is 15.9. The molecule has 28 heavy (non-hydrogen) atoms. The zero-order valence-corrected chi connectivity index (χ0v) is 15.9. The molecular weight excluding hydrogens is 358 g/mol. The van der Waals surface area contributed by atoms with Crippen molar-refractivity contribution < 1.29 is 19.1 Å². The van der Waals surface area contributed by atoms with E-state index in [2.05, 4.69) is 10.6 Å². The minimum absolute atomic E-state index is 0.00656. The van der Waals surface area contributed by atoms with Crippen molar-refractivity contribution in [3.05, 3.63) is 59.7 Å². The molecule has 0 radical (unpaired) electrons. The fourth-order valence-corrected chi connectivity index (χ4v) is 2.87. The van der Waals surface area contributed by atoms with Crippen molar-refractivity contribution in [1.29, 1.82) is 0 Å². The number of hydrogen-bond donors (Lipinski definition) is 2. The molecule has 0 aromatic heterocycles. The summed E-state index contributed by atoms with van der Waals surface area (Å²) in [4.78, 5) is 26.2. The van der Waals surface area contributed by atoms with Gasteiger partial charge >= 0.3 is 0 Å². The lowest BCUT2D eigenvalue weighted by atomic mass is 10.1. The lowest BCUT2D eigenvalue weighted by molar-refractivity contribution is -0.119. The monoisotopic (exact) mass is 383 g/mol. The van der Waals surface area contributed by atoms with E-state index in [0.29, 0.717) is 38.4 Å². The second kappa shape index (κ2) is 9.75. The van der Waals surface area contributed by atoms with Crippen LogP contribution >= 0.6 is 0 Å². The third-order valence-corrected chi connectivity index (χ3v) is 4.53. The highest BCUT2D eigenvalue weighted by Gasteiger charge is 2.18. The van der Waals surface area contributed by atoms with Gasteiger partial charge in [-0.05, 0) is 42.0 Å². The lowest BCUT2D eigenvalue weighted by Gasteiger charge is -2.26. The Morgan fingerprint density at radius 2 is 1.71 bits per heavy atom. The number of carbonyl (C=O) groups excluding carboxylic acids is 2. The number of carbonyl (C=O) groups is 2. The van der Waals surface area contributed by atoms with Gasteiger partial charge in [0.1, 0.15) is 5.75 Å². The number of hydrogen-bond acceptors (Lipinski definition) is 5. The van der Waals surface area contributed by atoms with E-state index in [-0.39, 0.29) is 18.4 Å². The highest BCUT2D eigenvalue weighted by atomic mass is 16.5. The molecule has 0 bridgehead atoms. The van der Waals surface area contributed by atoms with Gasteiger partial charge in [0.25, 0.3) is 5.91 Å². The van der Waals surface area contributed by atoms with Crippen LogP contribution in [0.15, 0.2) is 48.5 Å². The fraction of sp³-hybridized carbons (Fsp3) is 0.333. The molecule has 0 saturated carbocycles. The first kappa shape index (κ1) is 19.7. The SMILES string of the molecule is COc1ccc(CNC(=O)CNc2ccc(C(=O)N3CCOCC3)cc2)cc1. The van der Waals surface area contributed by atoms with Gasteiger partial charge in [-0.1, -0.05) is 12.1 Å². The minimum atomic E-state index is -0.107. The Bertz CT molecular complexity index is 784. The topological polar surface area (TPSA) is 79.9 Å². The molecule has 1 heterocycles. The molecule has 1 aliphatic rings. The molecule has 2 aromatic carbocycles. The molecule has 0 unspecified atom stereocenters. The lowest BCUT2D eigenvalue weighted by Crippen LogP contribution is -2.40. The quantitative estimate of drug-likeness (QED) is 0.763. The Labute approximate surface area is 164 Å². The Hall–Kier alpha value is -3.06. The van der Waals surface area contributed by atoms with E-state index in [1.165, 1.54) is 0 Å². The predicted octanol–water partition coefficient (Wildman–Crippen LogP) is 1.90. The molecule has 1 aliphatic heterocycles. The first-order valence-electron chi connectivity index (χ1n) is 9.26. The summed E-state index contributed by atoms with van der Waals surface area (Å²) in [6.07, 6.45) is 0. The van der Waals surface area contributed by atoms with E-state index in [0.717, 1.165) is 17.0 Å². The molecule has 2 aromatic rings. The fourth-order valence-electron chi connectivity index (χ4n) is 2.87. The molecule has 148 valence electrons. The van der Waals surface area contributed by atoms with Crippen LogP contribution in [0.2, 0.25) is 0 Å². The number of anilines is 1. The highest BCUT2D eigenvalue weighted by molar-refractivity contribution is 5.94. The summed E-state index contributed by atoms with van der Waals surface area (Å²) in [7, 11) is 1.62. The molecule has 0 aliphatic carbocycles. The molecule has 1 saturated heterocycles. The van der Waals surface area contributed by atoms with Gasteiger partial charge in [0.05, 0.1) is 26.9 Å². The Kier molecular flexibility index (Phi) is 6.86. The summed E-state index contributed by atoms with van der Waals surface area (Å²) >= 11 is 0. The van der Waals surface area contributed by atoms with Crippen molar-refractivity contribution in [3.63, 3.8) is 0 Å². The maximum atomic E-state index is 12.4. The smallest absolute Gasteiger partial charge is 0.254 e. The van der Waals surface area contributed by atoms with Crippen molar-refractivity contribution in [2.45, 2.75) is 6.54 Å². The van der Waals surface area contributed by atoms with Crippen molar-refractivity contribution in [1.82, 2.24) is 10.2 Å². The van der Waals surface area contributed by atoms with E-state index in [1.807, 2.05) is 36.4 Å². The van der Waals surface area contributed by atoms with E-state index in [9.17, 15) is 9.59 Å². The average molecular weight is 383 g/mol. The van der Waals surface area contributed by atoms with Crippen molar-refractivity contribution in [3.8, 4) is 5.75 Å². The Morgan fingerprint density at radius 3 is 2.36 bits per heavy atom. The molecule has 7 heteroatoms. The largest absolute Gasteiger partial charge is 0.497 e. The molecule has 7 nitrogen and oxygen atoms in total. The van der Waals surface area contributed by atoms with Gasteiger partial charge in [-0.25, -0.2) is 0 Å². The molecule has 1 fully saturated rings. The molecule has 0 atom stereocenters. The van der Waals surface area contributed by atoms with Gasteiger partial charge in [0, 0.05) is 30.9 Å². The van der Waals surface area contributed by atoms with Crippen LogP contribution in [0, 0.1) is 0 Å². The molecule has 2 amide bonds. The van der Waals surface area contributed by atoms with Gasteiger partial charge in [-0.15, -0.1) is 0 Å². The summed E-state index contributed by atoms with van der Waals surface area (Å²) in [5.41, 5.74) is 2.43. The highest BCUT2D eigenvalue weighted by Crippen LogP contribution is 2.13. The minimum Gasteiger partial charge on any atom is -0.497 e. The molecular formula is C21H25N3O4.